The van der Waals surface area contributed by atoms with Gasteiger partial charge in [-0.15, -0.1) is 6.58 Å². The van der Waals surface area contributed by atoms with Crippen molar-refractivity contribution in [2.45, 2.75) is 29.6 Å². The van der Waals surface area contributed by atoms with Gasteiger partial charge in [-0.05, 0) is 40.5 Å². The van der Waals surface area contributed by atoms with Gasteiger partial charge >= 0.3 is 12.1 Å². The molecule has 1 spiro atoms. The fourth-order valence-electron chi connectivity index (χ4n) is 8.06. The first-order chi connectivity index (χ1) is 24.8. The van der Waals surface area contributed by atoms with Crippen LogP contribution in [0.5, 0.6) is 5.75 Å². The third-order valence-electron chi connectivity index (χ3n) is 9.97. The Morgan fingerprint density at radius 3 is 2.18 bits per heavy atom. The van der Waals surface area contributed by atoms with Gasteiger partial charge in [-0.3, -0.25) is 19.3 Å². The molecule has 4 aromatic carbocycles. The lowest BCUT2D eigenvalue weighted by molar-refractivity contribution is -0.178. The van der Waals surface area contributed by atoms with Crippen molar-refractivity contribution in [1.82, 2.24) is 10.2 Å². The molecule has 0 unspecified atom stereocenters. The summed E-state index contributed by atoms with van der Waals surface area (Å²) in [7, 11) is 1.47. The molecule has 3 aliphatic heterocycles. The number of esters is 1. The number of phenols is 1. The number of para-hydroxylation sites is 1. The minimum atomic E-state index is -1.86. The standard InChI is InChI=1S/C40H37N3O8/c1-3-22-41-36(45)31-33-37(46)51-34(26-14-8-5-9-15-26)32(25-12-6-4-7-13-25)43(33)35(27-18-20-28(44)21-19-27)40(31)29-16-10-11-17-30(29)42(38(40)47)39(48)50-24-23-49-2/h3-21,31-35,44H,1,22-24H2,2H3,(H,41,45)/t31-,32-,33-,34+,35+,40-/m1/s1. The first-order valence-electron chi connectivity index (χ1n) is 16.7. The van der Waals surface area contributed by atoms with Gasteiger partial charge in [0.25, 0.3) is 0 Å². The van der Waals surface area contributed by atoms with Crippen LogP contribution < -0.4 is 10.2 Å². The lowest BCUT2D eigenvalue weighted by Gasteiger charge is -2.46. The summed E-state index contributed by atoms with van der Waals surface area (Å²) in [6, 6.07) is 28.9. The maximum atomic E-state index is 15.5. The van der Waals surface area contributed by atoms with Gasteiger partial charge in [-0.2, -0.15) is 0 Å². The van der Waals surface area contributed by atoms with E-state index in [0.717, 1.165) is 16.0 Å². The van der Waals surface area contributed by atoms with E-state index < -0.39 is 59.4 Å². The van der Waals surface area contributed by atoms with Gasteiger partial charge in [0.15, 0.2) is 0 Å². The van der Waals surface area contributed by atoms with E-state index >= 15 is 4.79 Å². The zero-order valence-electron chi connectivity index (χ0n) is 27.9. The number of benzene rings is 4. The molecule has 51 heavy (non-hydrogen) atoms. The summed E-state index contributed by atoms with van der Waals surface area (Å²) < 4.78 is 16.9. The largest absolute Gasteiger partial charge is 0.508 e. The Morgan fingerprint density at radius 2 is 1.51 bits per heavy atom. The molecule has 3 aliphatic rings. The number of imide groups is 1. The molecule has 260 valence electrons. The second-order valence-corrected chi connectivity index (χ2v) is 12.7. The Hall–Kier alpha value is -5.78. The van der Waals surface area contributed by atoms with E-state index in [4.69, 9.17) is 14.2 Å². The number of hydrogen-bond donors (Lipinski definition) is 2. The molecule has 11 heteroatoms. The predicted molar refractivity (Wildman–Crippen MR) is 186 cm³/mol. The highest BCUT2D eigenvalue weighted by molar-refractivity contribution is 6.23. The number of carbonyl (C=O) groups is 4. The Labute approximate surface area is 295 Å². The monoisotopic (exact) mass is 687 g/mol. The molecule has 0 bridgehead atoms. The second-order valence-electron chi connectivity index (χ2n) is 12.7. The lowest BCUT2D eigenvalue weighted by Crippen LogP contribution is -2.55. The molecule has 11 nitrogen and oxygen atoms in total. The van der Waals surface area contributed by atoms with Crippen LogP contribution in [0.15, 0.2) is 122 Å². The third kappa shape index (κ3) is 5.45. The smallest absolute Gasteiger partial charge is 0.421 e. The zero-order chi connectivity index (χ0) is 35.7. The van der Waals surface area contributed by atoms with E-state index in [-0.39, 0.29) is 31.2 Å². The summed E-state index contributed by atoms with van der Waals surface area (Å²) in [6.45, 7) is 3.79. The van der Waals surface area contributed by atoms with Gasteiger partial charge in [0.2, 0.25) is 11.8 Å². The van der Waals surface area contributed by atoms with Crippen molar-refractivity contribution in [3.63, 3.8) is 0 Å². The highest BCUT2D eigenvalue weighted by atomic mass is 16.6. The molecule has 0 aromatic heterocycles. The van der Waals surface area contributed by atoms with Crippen LogP contribution >= 0.6 is 0 Å². The predicted octanol–water partition coefficient (Wildman–Crippen LogP) is 5.14. The van der Waals surface area contributed by atoms with Gasteiger partial charge in [0.05, 0.1) is 30.3 Å². The van der Waals surface area contributed by atoms with Crippen molar-refractivity contribution in [3.05, 3.63) is 144 Å². The molecule has 0 saturated carbocycles. The average molecular weight is 688 g/mol. The summed E-state index contributed by atoms with van der Waals surface area (Å²) in [5.74, 6) is -3.41. The number of rotatable bonds is 9. The Balaban J connectivity index is 1.54. The van der Waals surface area contributed by atoms with Crippen molar-refractivity contribution >= 4 is 29.6 Å². The highest BCUT2D eigenvalue weighted by Crippen LogP contribution is 2.65. The molecule has 4 aromatic rings. The molecule has 3 heterocycles. The minimum absolute atomic E-state index is 0.0102. The number of amides is 3. The van der Waals surface area contributed by atoms with E-state index in [0.29, 0.717) is 11.1 Å². The van der Waals surface area contributed by atoms with Gasteiger partial charge in [-0.1, -0.05) is 97.1 Å². The summed E-state index contributed by atoms with van der Waals surface area (Å²) in [5, 5.41) is 13.3. The molecule has 0 radical (unpaired) electrons. The first kappa shape index (κ1) is 33.7. The number of carbonyl (C=O) groups excluding carboxylic acids is 4. The number of anilines is 1. The van der Waals surface area contributed by atoms with Crippen LogP contribution in [-0.2, 0) is 34.0 Å². The van der Waals surface area contributed by atoms with Crippen LogP contribution in [0.1, 0.15) is 40.4 Å². The lowest BCUT2D eigenvalue weighted by atomic mass is 9.65. The summed E-state index contributed by atoms with van der Waals surface area (Å²) in [5.41, 5.74) is 0.792. The number of nitrogens with one attached hydrogen (secondary N) is 1. The summed E-state index contributed by atoms with van der Waals surface area (Å²) in [4.78, 5) is 61.6. The minimum Gasteiger partial charge on any atom is -0.508 e. The first-order valence-corrected chi connectivity index (χ1v) is 16.7. The fourth-order valence-corrected chi connectivity index (χ4v) is 8.06. The Morgan fingerprint density at radius 1 is 0.863 bits per heavy atom. The fraction of sp³-hybridized carbons (Fsp3) is 0.250. The van der Waals surface area contributed by atoms with Crippen molar-refractivity contribution in [3.8, 4) is 5.75 Å². The highest BCUT2D eigenvalue weighted by Gasteiger charge is 2.75. The van der Waals surface area contributed by atoms with Crippen molar-refractivity contribution in [2.75, 3.05) is 31.8 Å². The molecule has 2 fully saturated rings. The van der Waals surface area contributed by atoms with Gasteiger partial charge in [0, 0.05) is 13.7 Å². The van der Waals surface area contributed by atoms with E-state index in [1.807, 2.05) is 65.6 Å². The topological polar surface area (TPSA) is 135 Å². The number of ether oxygens (including phenoxy) is 3. The maximum Gasteiger partial charge on any atom is 0.421 e. The third-order valence-corrected chi connectivity index (χ3v) is 9.97. The number of cyclic esters (lactones) is 1. The molecular formula is C40H37N3O8. The molecule has 6 atom stereocenters. The van der Waals surface area contributed by atoms with Crippen LogP contribution in [0.2, 0.25) is 0 Å². The van der Waals surface area contributed by atoms with Crippen molar-refractivity contribution in [2.24, 2.45) is 5.92 Å². The van der Waals surface area contributed by atoms with E-state index in [1.54, 1.807) is 36.4 Å². The molecule has 0 aliphatic carbocycles. The number of methoxy groups -OCH3 is 1. The molecular weight excluding hydrogens is 650 g/mol. The quantitative estimate of drug-likeness (QED) is 0.139. The zero-order valence-corrected chi connectivity index (χ0v) is 27.9. The van der Waals surface area contributed by atoms with Gasteiger partial charge < -0.3 is 24.6 Å². The van der Waals surface area contributed by atoms with E-state index in [1.165, 1.54) is 25.3 Å². The van der Waals surface area contributed by atoms with Crippen LogP contribution in [0, 0.1) is 5.92 Å². The van der Waals surface area contributed by atoms with E-state index in [2.05, 4.69) is 11.9 Å². The number of hydrogen-bond acceptors (Lipinski definition) is 9. The van der Waals surface area contributed by atoms with Crippen LogP contribution in [0.4, 0.5) is 10.5 Å². The maximum absolute atomic E-state index is 15.5. The summed E-state index contributed by atoms with van der Waals surface area (Å²) >= 11 is 0. The number of phenolic OH excluding ortho intramolecular Hbond substituents is 1. The van der Waals surface area contributed by atoms with Gasteiger partial charge in [-0.25, -0.2) is 9.69 Å². The van der Waals surface area contributed by atoms with Crippen LogP contribution in [0.25, 0.3) is 0 Å². The number of aromatic hydroxyl groups is 1. The van der Waals surface area contributed by atoms with Crippen molar-refractivity contribution < 1.29 is 38.5 Å². The molecule has 2 N–H and O–H groups in total. The van der Waals surface area contributed by atoms with Crippen molar-refractivity contribution in [1.29, 1.82) is 0 Å². The second kappa shape index (κ2) is 13.9. The molecule has 3 amide bonds. The molecule has 7 rings (SSSR count). The van der Waals surface area contributed by atoms with Crippen LogP contribution in [-0.4, -0.2) is 66.8 Å². The van der Waals surface area contributed by atoms with E-state index in [9.17, 15) is 19.5 Å². The Kier molecular flexibility index (Phi) is 9.15. The Bertz CT molecular complexity index is 1950. The van der Waals surface area contributed by atoms with Gasteiger partial charge in [0.1, 0.15) is 29.9 Å². The summed E-state index contributed by atoms with van der Waals surface area (Å²) in [6.07, 6.45) is -0.271. The SMILES string of the molecule is C=CCNC(=O)[C@H]1[C@@H]2C(=O)O[C@@H](c3ccccc3)[C@@H](c3ccccc3)N2[C@@H](c2ccc(O)cc2)[C@]12C(=O)N(C(=O)OCCOC)c1ccccc12. The average Bonchev–Trinajstić information content (AvgIpc) is 3.61. The number of fused-ring (bicyclic) bond motifs is 3. The number of morpholine rings is 1. The normalized spacial score (nSPS) is 25.2. The number of nitrogens with zero attached hydrogens (tertiary/aromatic N) is 2. The van der Waals surface area contributed by atoms with Crippen LogP contribution in [0.3, 0.4) is 0 Å². The molecule has 2 saturated heterocycles.